The van der Waals surface area contributed by atoms with Crippen LogP contribution >= 0.6 is 0 Å². The number of aromatic nitrogens is 2. The van der Waals surface area contributed by atoms with Crippen LogP contribution in [0.15, 0.2) is 60.9 Å². The second kappa shape index (κ2) is 5.95. The molecule has 0 amide bonds. The van der Waals surface area contributed by atoms with E-state index in [1.54, 1.807) is 24.4 Å². The smallest absolute Gasteiger partial charge is 0.117 e. The van der Waals surface area contributed by atoms with Crippen molar-refractivity contribution in [2.45, 2.75) is 6.42 Å². The summed E-state index contributed by atoms with van der Waals surface area (Å²) in [5.41, 5.74) is 3.15. The first-order valence-electron chi connectivity index (χ1n) is 6.82. The van der Waals surface area contributed by atoms with Crippen LogP contribution in [0.4, 0.5) is 0 Å². The Hall–Kier alpha value is -3.37. The van der Waals surface area contributed by atoms with E-state index in [2.05, 4.69) is 17.1 Å². The maximum absolute atomic E-state index is 9.24. The van der Waals surface area contributed by atoms with Gasteiger partial charge in [-0.05, 0) is 29.8 Å². The topological polar surface area (TPSA) is 65.4 Å². The van der Waals surface area contributed by atoms with Gasteiger partial charge in [0.2, 0.25) is 0 Å². The number of para-hydroxylation sites is 1. The average Bonchev–Trinajstić information content (AvgIpc) is 3.03. The van der Waals surface area contributed by atoms with E-state index in [0.29, 0.717) is 17.5 Å². The zero-order valence-corrected chi connectivity index (χ0v) is 11.8. The summed E-state index contributed by atoms with van der Waals surface area (Å²) in [6.07, 6.45) is 4.22. The number of nitrogens with zero attached hydrogens (tertiary/aromatic N) is 4. The molecule has 0 unspecified atom stereocenters. The van der Waals surface area contributed by atoms with Crippen LogP contribution in [0.3, 0.4) is 0 Å². The molecule has 1 aromatic heterocycles. The van der Waals surface area contributed by atoms with Crippen LogP contribution in [0.25, 0.3) is 5.69 Å². The van der Waals surface area contributed by atoms with Gasteiger partial charge in [-0.1, -0.05) is 24.3 Å². The monoisotopic (exact) mass is 284 g/mol. The van der Waals surface area contributed by atoms with E-state index >= 15 is 0 Å². The maximum Gasteiger partial charge on any atom is 0.117 e. The van der Waals surface area contributed by atoms with Crippen molar-refractivity contribution >= 4 is 0 Å². The Bertz CT molecular complexity index is 876. The minimum absolute atomic E-state index is 0.613. The summed E-state index contributed by atoms with van der Waals surface area (Å²) in [6, 6.07) is 19.2. The van der Waals surface area contributed by atoms with Crippen molar-refractivity contribution in [2.24, 2.45) is 0 Å². The van der Waals surface area contributed by atoms with Crippen LogP contribution in [0.5, 0.6) is 0 Å². The Morgan fingerprint density at radius 1 is 0.955 bits per heavy atom. The number of hydrogen-bond acceptors (Lipinski definition) is 3. The summed E-state index contributed by atoms with van der Waals surface area (Å²) in [5.74, 6) is 0.854. The average molecular weight is 284 g/mol. The van der Waals surface area contributed by atoms with E-state index in [-0.39, 0.29) is 0 Å². The van der Waals surface area contributed by atoms with Crippen molar-refractivity contribution in [3.63, 3.8) is 0 Å². The minimum atomic E-state index is 0.613. The van der Waals surface area contributed by atoms with Gasteiger partial charge in [0, 0.05) is 18.8 Å². The Labute approximate surface area is 128 Å². The number of imidazole rings is 1. The molecule has 104 valence electrons. The van der Waals surface area contributed by atoms with Crippen LogP contribution in [-0.4, -0.2) is 9.55 Å². The minimum Gasteiger partial charge on any atom is -0.302 e. The molecule has 0 atom stereocenters. The van der Waals surface area contributed by atoms with Gasteiger partial charge in [-0.2, -0.15) is 10.5 Å². The third-order valence-electron chi connectivity index (χ3n) is 3.45. The third-order valence-corrected chi connectivity index (χ3v) is 3.45. The van der Waals surface area contributed by atoms with Gasteiger partial charge < -0.3 is 4.57 Å². The normalized spacial score (nSPS) is 9.91. The molecule has 2 aromatic carbocycles. The molecule has 3 aromatic rings. The summed E-state index contributed by atoms with van der Waals surface area (Å²) < 4.78 is 1.93. The predicted molar refractivity (Wildman–Crippen MR) is 82.2 cm³/mol. The van der Waals surface area contributed by atoms with E-state index in [0.717, 1.165) is 17.1 Å². The highest BCUT2D eigenvalue weighted by Gasteiger charge is 2.09. The Morgan fingerprint density at radius 3 is 2.45 bits per heavy atom. The molecule has 0 saturated carbocycles. The van der Waals surface area contributed by atoms with Gasteiger partial charge in [-0.15, -0.1) is 0 Å². The number of rotatable bonds is 3. The van der Waals surface area contributed by atoms with Crippen LogP contribution in [0, 0.1) is 22.7 Å². The van der Waals surface area contributed by atoms with E-state index in [4.69, 9.17) is 5.26 Å². The molecule has 4 nitrogen and oxygen atoms in total. The first-order valence-corrected chi connectivity index (χ1v) is 6.82. The Morgan fingerprint density at radius 2 is 1.73 bits per heavy atom. The highest BCUT2D eigenvalue weighted by Crippen LogP contribution is 2.18. The number of nitriles is 2. The van der Waals surface area contributed by atoms with Crippen molar-refractivity contribution < 1.29 is 0 Å². The fourth-order valence-corrected chi connectivity index (χ4v) is 2.34. The molecule has 0 radical (unpaired) electrons. The lowest BCUT2D eigenvalue weighted by Gasteiger charge is -2.09. The summed E-state index contributed by atoms with van der Waals surface area (Å²) in [5, 5.41) is 18.1. The molecule has 0 spiro atoms. The van der Waals surface area contributed by atoms with Gasteiger partial charge in [-0.3, -0.25) is 0 Å². The molecular formula is C18H12N4. The SMILES string of the molecule is N#Cc1ccc(Cc2nccn2-c2ccccc2C#N)cc1. The van der Waals surface area contributed by atoms with Crippen molar-refractivity contribution in [3.8, 4) is 17.8 Å². The number of benzene rings is 2. The molecule has 0 N–H and O–H groups in total. The lowest BCUT2D eigenvalue weighted by atomic mass is 10.1. The van der Waals surface area contributed by atoms with Crippen molar-refractivity contribution in [3.05, 3.63) is 83.4 Å². The standard InChI is InChI=1S/C18H12N4/c19-12-15-7-5-14(6-8-15)11-18-21-9-10-22(18)17-4-2-1-3-16(17)13-20/h1-10H,11H2. The molecule has 0 aliphatic heterocycles. The second-order valence-electron chi connectivity index (χ2n) is 4.83. The summed E-state index contributed by atoms with van der Waals surface area (Å²) in [6.45, 7) is 0. The molecule has 3 rings (SSSR count). The zero-order chi connectivity index (χ0) is 15.4. The van der Waals surface area contributed by atoms with Gasteiger partial charge in [-0.25, -0.2) is 4.98 Å². The fraction of sp³-hybridized carbons (Fsp3) is 0.0556. The molecule has 0 fully saturated rings. The fourth-order valence-electron chi connectivity index (χ4n) is 2.34. The van der Waals surface area contributed by atoms with E-state index in [9.17, 15) is 5.26 Å². The molecule has 0 saturated heterocycles. The van der Waals surface area contributed by atoms with Crippen molar-refractivity contribution in [1.29, 1.82) is 10.5 Å². The quantitative estimate of drug-likeness (QED) is 0.741. The largest absolute Gasteiger partial charge is 0.302 e. The van der Waals surface area contributed by atoms with Crippen LogP contribution in [0.1, 0.15) is 22.5 Å². The lowest BCUT2D eigenvalue weighted by molar-refractivity contribution is 0.911. The molecule has 22 heavy (non-hydrogen) atoms. The summed E-state index contributed by atoms with van der Waals surface area (Å²) >= 11 is 0. The Balaban J connectivity index is 1.95. The van der Waals surface area contributed by atoms with E-state index < -0.39 is 0 Å². The van der Waals surface area contributed by atoms with Gasteiger partial charge in [0.15, 0.2) is 0 Å². The molecule has 4 heteroatoms. The van der Waals surface area contributed by atoms with Crippen LogP contribution in [0.2, 0.25) is 0 Å². The number of hydrogen-bond donors (Lipinski definition) is 0. The van der Waals surface area contributed by atoms with E-state index in [1.807, 2.05) is 41.1 Å². The highest BCUT2D eigenvalue weighted by atomic mass is 15.1. The second-order valence-corrected chi connectivity index (χ2v) is 4.83. The van der Waals surface area contributed by atoms with Crippen LogP contribution in [-0.2, 0) is 6.42 Å². The van der Waals surface area contributed by atoms with Crippen molar-refractivity contribution in [2.75, 3.05) is 0 Å². The Kier molecular flexibility index (Phi) is 3.68. The first kappa shape index (κ1) is 13.6. The van der Waals surface area contributed by atoms with Crippen LogP contribution < -0.4 is 0 Å². The first-order chi connectivity index (χ1) is 10.8. The van der Waals surface area contributed by atoms with E-state index in [1.165, 1.54) is 0 Å². The predicted octanol–water partition coefficient (Wildman–Crippen LogP) is 3.21. The summed E-state index contributed by atoms with van der Waals surface area (Å²) in [4.78, 5) is 4.39. The molecular weight excluding hydrogens is 272 g/mol. The maximum atomic E-state index is 9.24. The van der Waals surface area contributed by atoms with Gasteiger partial charge in [0.05, 0.1) is 22.9 Å². The lowest BCUT2D eigenvalue weighted by Crippen LogP contribution is -2.03. The molecule has 0 aliphatic rings. The molecule has 0 aliphatic carbocycles. The zero-order valence-electron chi connectivity index (χ0n) is 11.8. The van der Waals surface area contributed by atoms with Gasteiger partial charge in [0.1, 0.15) is 11.9 Å². The third kappa shape index (κ3) is 2.59. The van der Waals surface area contributed by atoms with Gasteiger partial charge >= 0.3 is 0 Å². The summed E-state index contributed by atoms with van der Waals surface area (Å²) in [7, 11) is 0. The molecule has 1 heterocycles. The highest BCUT2D eigenvalue weighted by molar-refractivity contribution is 5.49. The molecule has 0 bridgehead atoms. The van der Waals surface area contributed by atoms with Crippen molar-refractivity contribution in [1.82, 2.24) is 9.55 Å². The van der Waals surface area contributed by atoms with Gasteiger partial charge in [0.25, 0.3) is 0 Å².